The highest BCUT2D eigenvalue weighted by atomic mass is 79.9. The van der Waals surface area contributed by atoms with Gasteiger partial charge in [0.15, 0.2) is 6.61 Å². The minimum absolute atomic E-state index is 0.0306. The zero-order valence-corrected chi connectivity index (χ0v) is 12.3. The number of hydrogen-bond acceptors (Lipinski definition) is 4. The normalized spacial score (nSPS) is 13.1. The summed E-state index contributed by atoms with van der Waals surface area (Å²) in [5.41, 5.74) is 8.01. The van der Waals surface area contributed by atoms with Crippen molar-refractivity contribution in [3.8, 4) is 5.75 Å². The molecule has 1 aliphatic rings. The minimum atomic E-state index is -0.381. The molecule has 3 rings (SSSR count). The van der Waals surface area contributed by atoms with Gasteiger partial charge in [-0.05, 0) is 40.2 Å². The van der Waals surface area contributed by atoms with Crippen molar-refractivity contribution < 1.29 is 13.9 Å². The van der Waals surface area contributed by atoms with E-state index in [1.807, 2.05) is 0 Å². The molecule has 0 bridgehead atoms. The predicted octanol–water partition coefficient (Wildman–Crippen LogP) is 3.24. The number of nitrogen functional groups attached to an aromatic ring is 1. The van der Waals surface area contributed by atoms with E-state index in [2.05, 4.69) is 26.6 Å². The summed E-state index contributed by atoms with van der Waals surface area (Å²) in [5, 5.41) is 5.71. The fourth-order valence-electron chi connectivity index (χ4n) is 1.98. The van der Waals surface area contributed by atoms with Crippen LogP contribution < -0.4 is 21.1 Å². The molecule has 0 aliphatic carbocycles. The monoisotopic (exact) mass is 351 g/mol. The number of amides is 1. The summed E-state index contributed by atoms with van der Waals surface area (Å²) in [5.74, 6) is -0.0966. The quantitative estimate of drug-likeness (QED) is 0.726. The molecule has 1 aliphatic heterocycles. The first kappa shape index (κ1) is 13.7. The van der Waals surface area contributed by atoms with E-state index in [9.17, 15) is 9.18 Å². The number of halogens is 2. The van der Waals surface area contributed by atoms with Gasteiger partial charge >= 0.3 is 0 Å². The summed E-state index contributed by atoms with van der Waals surface area (Å²) < 4.78 is 19.2. The molecule has 1 heterocycles. The van der Waals surface area contributed by atoms with Crippen LogP contribution in [0.5, 0.6) is 5.75 Å². The Labute approximate surface area is 128 Å². The molecule has 2 aromatic carbocycles. The molecule has 5 nitrogen and oxygen atoms in total. The highest BCUT2D eigenvalue weighted by molar-refractivity contribution is 9.10. The molecule has 0 unspecified atom stereocenters. The molecule has 108 valence electrons. The molecule has 7 heteroatoms. The summed E-state index contributed by atoms with van der Waals surface area (Å²) in [4.78, 5) is 11.3. The van der Waals surface area contributed by atoms with Crippen molar-refractivity contribution >= 4 is 44.6 Å². The van der Waals surface area contributed by atoms with Crippen molar-refractivity contribution in [2.45, 2.75) is 0 Å². The number of benzene rings is 2. The molecule has 4 N–H and O–H groups in total. The third-order valence-corrected chi connectivity index (χ3v) is 3.63. The largest absolute Gasteiger partial charge is 0.482 e. The first-order valence-corrected chi connectivity index (χ1v) is 6.90. The third-order valence-electron chi connectivity index (χ3n) is 2.98. The zero-order chi connectivity index (χ0) is 15.0. The van der Waals surface area contributed by atoms with E-state index in [1.54, 1.807) is 24.3 Å². The number of anilines is 4. The van der Waals surface area contributed by atoms with E-state index in [0.29, 0.717) is 33.0 Å². The van der Waals surface area contributed by atoms with E-state index < -0.39 is 0 Å². The molecule has 0 atom stereocenters. The van der Waals surface area contributed by atoms with Crippen LogP contribution in [0.3, 0.4) is 0 Å². The van der Waals surface area contributed by atoms with Crippen molar-refractivity contribution in [1.29, 1.82) is 0 Å². The highest BCUT2D eigenvalue weighted by Gasteiger charge is 2.18. The summed E-state index contributed by atoms with van der Waals surface area (Å²) in [7, 11) is 0. The lowest BCUT2D eigenvalue weighted by atomic mass is 10.2. The van der Waals surface area contributed by atoms with Gasteiger partial charge in [-0.25, -0.2) is 4.39 Å². The van der Waals surface area contributed by atoms with Gasteiger partial charge in [-0.1, -0.05) is 0 Å². The van der Waals surface area contributed by atoms with Crippen molar-refractivity contribution in [2.24, 2.45) is 0 Å². The van der Waals surface area contributed by atoms with E-state index in [4.69, 9.17) is 10.5 Å². The number of carbonyl (C=O) groups is 1. The van der Waals surface area contributed by atoms with E-state index >= 15 is 0 Å². The van der Waals surface area contributed by atoms with Gasteiger partial charge in [-0.3, -0.25) is 4.79 Å². The van der Waals surface area contributed by atoms with Crippen LogP contribution in [-0.2, 0) is 4.79 Å². The van der Waals surface area contributed by atoms with E-state index in [1.165, 1.54) is 6.07 Å². The molecule has 0 saturated heterocycles. The molecule has 21 heavy (non-hydrogen) atoms. The predicted molar refractivity (Wildman–Crippen MR) is 82.4 cm³/mol. The maximum Gasteiger partial charge on any atom is 0.262 e. The molecular weight excluding hydrogens is 341 g/mol. The molecule has 1 amide bonds. The number of ether oxygens (including phenoxy) is 1. The van der Waals surface area contributed by atoms with Crippen LogP contribution in [0.4, 0.5) is 27.1 Å². The summed E-state index contributed by atoms with van der Waals surface area (Å²) in [6, 6.07) is 7.92. The number of carbonyl (C=O) groups excluding carboxylic acids is 1. The standard InChI is InChI=1S/C14H11BrFN3O2/c15-8-2-1-7(3-9(8)16)18-11-5-12-13(4-10(11)17)21-6-14(20)19-12/h1-5,18H,6,17H2,(H,19,20). The number of fused-ring (bicyclic) bond motifs is 1. The van der Waals surface area contributed by atoms with Crippen LogP contribution in [0.2, 0.25) is 0 Å². The van der Waals surface area contributed by atoms with Crippen molar-refractivity contribution in [1.82, 2.24) is 0 Å². The maximum atomic E-state index is 13.5. The molecular formula is C14H11BrFN3O2. The van der Waals surface area contributed by atoms with Crippen molar-refractivity contribution in [3.05, 3.63) is 40.6 Å². The molecule has 2 aromatic rings. The Morgan fingerprint density at radius 2 is 2.14 bits per heavy atom. The van der Waals surface area contributed by atoms with E-state index in [0.717, 1.165) is 0 Å². The second kappa shape index (κ2) is 5.25. The zero-order valence-electron chi connectivity index (χ0n) is 10.7. The molecule has 0 fully saturated rings. The number of nitrogens with one attached hydrogen (secondary N) is 2. The Hall–Kier alpha value is -2.28. The lowest BCUT2D eigenvalue weighted by Crippen LogP contribution is -2.25. The summed E-state index contributed by atoms with van der Waals surface area (Å²) in [6.07, 6.45) is 0. The van der Waals surface area contributed by atoms with Gasteiger partial charge in [0.05, 0.1) is 21.5 Å². The van der Waals surface area contributed by atoms with Gasteiger partial charge in [-0.2, -0.15) is 0 Å². The minimum Gasteiger partial charge on any atom is -0.482 e. The Bertz CT molecular complexity index is 736. The topological polar surface area (TPSA) is 76.4 Å². The summed E-state index contributed by atoms with van der Waals surface area (Å²) >= 11 is 3.09. The molecule has 0 saturated carbocycles. The van der Waals surface area contributed by atoms with Crippen LogP contribution >= 0.6 is 15.9 Å². The number of nitrogens with two attached hydrogens (primary N) is 1. The Morgan fingerprint density at radius 1 is 1.33 bits per heavy atom. The van der Waals surface area contributed by atoms with Gasteiger partial charge in [0, 0.05) is 11.8 Å². The Balaban J connectivity index is 1.93. The average molecular weight is 352 g/mol. The van der Waals surface area contributed by atoms with Crippen molar-refractivity contribution in [2.75, 3.05) is 23.0 Å². The Kier molecular flexibility index (Phi) is 3.42. The first-order valence-electron chi connectivity index (χ1n) is 6.11. The lowest BCUT2D eigenvalue weighted by molar-refractivity contribution is -0.118. The molecule has 0 radical (unpaired) electrons. The van der Waals surface area contributed by atoms with Crippen LogP contribution in [0.1, 0.15) is 0 Å². The second-order valence-electron chi connectivity index (χ2n) is 4.53. The van der Waals surface area contributed by atoms with Gasteiger partial charge in [0.1, 0.15) is 11.6 Å². The Morgan fingerprint density at radius 3 is 2.90 bits per heavy atom. The third kappa shape index (κ3) is 2.78. The molecule has 0 spiro atoms. The van der Waals surface area contributed by atoms with Crippen LogP contribution in [0.25, 0.3) is 0 Å². The summed E-state index contributed by atoms with van der Waals surface area (Å²) in [6.45, 7) is -0.0306. The van der Waals surface area contributed by atoms with E-state index in [-0.39, 0.29) is 18.3 Å². The van der Waals surface area contributed by atoms with Crippen LogP contribution in [0.15, 0.2) is 34.8 Å². The van der Waals surface area contributed by atoms with Crippen LogP contribution in [-0.4, -0.2) is 12.5 Å². The van der Waals surface area contributed by atoms with Gasteiger partial charge in [-0.15, -0.1) is 0 Å². The smallest absolute Gasteiger partial charge is 0.262 e. The van der Waals surface area contributed by atoms with Crippen LogP contribution in [0, 0.1) is 5.82 Å². The fraction of sp³-hybridized carbons (Fsp3) is 0.0714. The molecule has 0 aromatic heterocycles. The van der Waals surface area contributed by atoms with Gasteiger partial charge in [0.25, 0.3) is 5.91 Å². The van der Waals surface area contributed by atoms with Gasteiger partial charge < -0.3 is 21.1 Å². The first-order chi connectivity index (χ1) is 10.0. The average Bonchev–Trinajstić information content (AvgIpc) is 2.44. The lowest BCUT2D eigenvalue weighted by Gasteiger charge is -2.20. The highest BCUT2D eigenvalue weighted by Crippen LogP contribution is 2.36. The maximum absolute atomic E-state index is 13.5. The van der Waals surface area contributed by atoms with Gasteiger partial charge in [0.2, 0.25) is 0 Å². The van der Waals surface area contributed by atoms with Crippen molar-refractivity contribution in [3.63, 3.8) is 0 Å². The number of hydrogen-bond donors (Lipinski definition) is 3. The SMILES string of the molecule is Nc1cc2c(cc1Nc1ccc(Br)c(F)c1)NC(=O)CO2. The number of rotatable bonds is 2. The fourth-order valence-corrected chi connectivity index (χ4v) is 2.23. The second-order valence-corrected chi connectivity index (χ2v) is 5.38.